The molecule has 4 heteroatoms. The third-order valence-corrected chi connectivity index (χ3v) is 4.26. The summed E-state index contributed by atoms with van der Waals surface area (Å²) in [6.07, 6.45) is 9.61. The van der Waals surface area contributed by atoms with Gasteiger partial charge in [-0.25, -0.2) is 0 Å². The predicted molar refractivity (Wildman–Crippen MR) is 69.5 cm³/mol. The first-order chi connectivity index (χ1) is 8.27. The Morgan fingerprint density at radius 3 is 2.76 bits per heavy atom. The van der Waals surface area contributed by atoms with Crippen LogP contribution in [0.5, 0.6) is 0 Å². The number of hydrogen-bond donors (Lipinski definition) is 0. The molecular formula is C13H18N2OS. The molecule has 0 N–H and O–H groups in total. The highest BCUT2D eigenvalue weighted by Gasteiger charge is 2.24. The molecule has 1 aromatic rings. The maximum absolute atomic E-state index is 11.7. The van der Waals surface area contributed by atoms with E-state index in [1.54, 1.807) is 13.1 Å². The number of amides is 1. The number of aromatic nitrogens is 1. The molecule has 3 nitrogen and oxygen atoms in total. The predicted octanol–water partition coefficient (Wildman–Crippen LogP) is 3.27. The molecular weight excluding hydrogens is 232 g/mol. The van der Waals surface area contributed by atoms with Crippen molar-refractivity contribution in [2.75, 3.05) is 0 Å². The van der Waals surface area contributed by atoms with E-state index in [1.165, 1.54) is 31.2 Å². The third kappa shape index (κ3) is 3.46. The van der Waals surface area contributed by atoms with Crippen LogP contribution in [0.4, 0.5) is 0 Å². The van der Waals surface area contributed by atoms with Gasteiger partial charge in [0.05, 0.1) is 0 Å². The molecule has 0 radical (unpaired) electrons. The molecule has 1 aliphatic carbocycles. The summed E-state index contributed by atoms with van der Waals surface area (Å²) in [5, 5.41) is 0. The van der Waals surface area contributed by atoms with Crippen LogP contribution in [0.1, 0.15) is 39.0 Å². The van der Waals surface area contributed by atoms with Gasteiger partial charge >= 0.3 is 0 Å². The zero-order chi connectivity index (χ0) is 12.1. The zero-order valence-corrected chi connectivity index (χ0v) is 10.9. The Bertz CT molecular complexity index is 363. The minimum Gasteiger partial charge on any atom is -0.279 e. The van der Waals surface area contributed by atoms with E-state index in [0.29, 0.717) is 6.04 Å². The van der Waals surface area contributed by atoms with Crippen LogP contribution < -0.4 is 0 Å². The molecule has 0 unspecified atom stereocenters. The molecule has 0 bridgehead atoms. The Morgan fingerprint density at radius 1 is 1.41 bits per heavy atom. The fraction of sp³-hybridized carbons (Fsp3) is 0.538. The van der Waals surface area contributed by atoms with E-state index in [4.69, 9.17) is 0 Å². The molecule has 1 aromatic heterocycles. The van der Waals surface area contributed by atoms with E-state index in [1.807, 2.05) is 22.6 Å². The first kappa shape index (κ1) is 12.4. The number of pyridine rings is 1. The maximum atomic E-state index is 11.7. The van der Waals surface area contributed by atoms with E-state index in [-0.39, 0.29) is 5.91 Å². The summed E-state index contributed by atoms with van der Waals surface area (Å²) in [6, 6.07) is 4.30. The second-order valence-electron chi connectivity index (χ2n) is 4.42. The zero-order valence-electron chi connectivity index (χ0n) is 10.1. The Hall–Kier alpha value is -1.03. The first-order valence-electron chi connectivity index (χ1n) is 6.15. The third-order valence-electron chi connectivity index (χ3n) is 3.05. The van der Waals surface area contributed by atoms with Gasteiger partial charge in [-0.15, -0.1) is 0 Å². The van der Waals surface area contributed by atoms with E-state index < -0.39 is 0 Å². The lowest BCUT2D eigenvalue weighted by molar-refractivity contribution is -0.125. The quantitative estimate of drug-likeness (QED) is 0.772. The van der Waals surface area contributed by atoms with Gasteiger partial charge in [-0.2, -0.15) is 0 Å². The van der Waals surface area contributed by atoms with Gasteiger partial charge in [0.15, 0.2) is 0 Å². The van der Waals surface area contributed by atoms with Crippen LogP contribution in [0.2, 0.25) is 0 Å². The van der Waals surface area contributed by atoms with Crippen LogP contribution in [0.3, 0.4) is 0 Å². The smallest absolute Gasteiger partial charge is 0.229 e. The molecule has 0 atom stereocenters. The van der Waals surface area contributed by atoms with Crippen molar-refractivity contribution in [1.29, 1.82) is 0 Å². The van der Waals surface area contributed by atoms with E-state index in [0.717, 1.165) is 17.7 Å². The average Bonchev–Trinajstić information content (AvgIpc) is 2.38. The van der Waals surface area contributed by atoms with Crippen molar-refractivity contribution in [3.8, 4) is 0 Å². The lowest BCUT2D eigenvalue weighted by Crippen LogP contribution is -2.34. The Labute approximate surface area is 107 Å². The summed E-state index contributed by atoms with van der Waals surface area (Å²) < 4.78 is 1.93. The van der Waals surface area contributed by atoms with Crippen molar-refractivity contribution in [3.63, 3.8) is 0 Å². The van der Waals surface area contributed by atoms with Gasteiger partial charge in [-0.3, -0.25) is 14.1 Å². The van der Waals surface area contributed by atoms with E-state index >= 15 is 0 Å². The van der Waals surface area contributed by atoms with Crippen LogP contribution in [0, 0.1) is 0 Å². The largest absolute Gasteiger partial charge is 0.279 e. The van der Waals surface area contributed by atoms with Gasteiger partial charge in [0, 0.05) is 30.3 Å². The topological polar surface area (TPSA) is 33.2 Å². The van der Waals surface area contributed by atoms with Gasteiger partial charge in [-0.05, 0) is 36.9 Å². The van der Waals surface area contributed by atoms with E-state index in [2.05, 4.69) is 4.98 Å². The maximum Gasteiger partial charge on any atom is 0.229 e. The lowest BCUT2D eigenvalue weighted by atomic mass is 9.95. The van der Waals surface area contributed by atoms with Crippen LogP contribution >= 0.6 is 11.9 Å². The molecule has 1 fully saturated rings. The normalized spacial score (nSPS) is 16.8. The van der Waals surface area contributed by atoms with Gasteiger partial charge in [0.25, 0.3) is 0 Å². The second kappa shape index (κ2) is 6.05. The lowest BCUT2D eigenvalue weighted by Gasteiger charge is -2.32. The van der Waals surface area contributed by atoms with Crippen LogP contribution in [-0.4, -0.2) is 21.2 Å². The van der Waals surface area contributed by atoms with Crippen LogP contribution in [0.25, 0.3) is 0 Å². The summed E-state index contributed by atoms with van der Waals surface area (Å²) in [5.74, 6) is 0.144. The second-order valence-corrected chi connectivity index (χ2v) is 5.46. The summed E-state index contributed by atoms with van der Waals surface area (Å²) >= 11 is 1.52. The van der Waals surface area contributed by atoms with Gasteiger partial charge in [-0.1, -0.05) is 19.3 Å². The van der Waals surface area contributed by atoms with Crippen molar-refractivity contribution in [2.45, 2.75) is 50.0 Å². The average molecular weight is 250 g/mol. The SMILES string of the molecule is CC(=O)N(Sc1cccnc1)C1CCCCC1. The fourth-order valence-electron chi connectivity index (χ4n) is 2.23. The number of nitrogens with zero attached hydrogens (tertiary/aromatic N) is 2. The van der Waals surface area contributed by atoms with Crippen molar-refractivity contribution in [3.05, 3.63) is 24.5 Å². The van der Waals surface area contributed by atoms with Crippen molar-refractivity contribution in [1.82, 2.24) is 9.29 Å². The summed E-state index contributed by atoms with van der Waals surface area (Å²) in [5.41, 5.74) is 0. The van der Waals surface area contributed by atoms with E-state index in [9.17, 15) is 4.79 Å². The highest BCUT2D eigenvalue weighted by molar-refractivity contribution is 7.97. The van der Waals surface area contributed by atoms with Crippen molar-refractivity contribution >= 4 is 17.9 Å². The molecule has 2 rings (SSSR count). The monoisotopic (exact) mass is 250 g/mol. The van der Waals surface area contributed by atoms with Crippen LogP contribution in [0.15, 0.2) is 29.4 Å². The van der Waals surface area contributed by atoms with Gasteiger partial charge < -0.3 is 0 Å². The standard InChI is InChI=1S/C13H18N2OS/c1-11(16)15(12-6-3-2-4-7-12)17-13-8-5-9-14-10-13/h5,8-10,12H,2-4,6-7H2,1H3. The molecule has 17 heavy (non-hydrogen) atoms. The Morgan fingerprint density at radius 2 is 2.18 bits per heavy atom. The number of hydrogen-bond acceptors (Lipinski definition) is 3. The Balaban J connectivity index is 2.04. The van der Waals surface area contributed by atoms with Gasteiger partial charge in [0.2, 0.25) is 5.91 Å². The van der Waals surface area contributed by atoms with Crippen molar-refractivity contribution < 1.29 is 4.79 Å². The molecule has 1 heterocycles. The molecule has 92 valence electrons. The Kier molecular flexibility index (Phi) is 4.42. The minimum atomic E-state index is 0.144. The number of rotatable bonds is 3. The number of carbonyl (C=O) groups excluding carboxylic acids is 1. The first-order valence-corrected chi connectivity index (χ1v) is 6.92. The summed E-state index contributed by atoms with van der Waals surface area (Å²) in [6.45, 7) is 1.65. The fourth-order valence-corrected chi connectivity index (χ4v) is 3.19. The minimum absolute atomic E-state index is 0.144. The molecule has 0 saturated heterocycles. The molecule has 1 aliphatic rings. The van der Waals surface area contributed by atoms with Gasteiger partial charge in [0.1, 0.15) is 0 Å². The molecule has 0 spiro atoms. The highest BCUT2D eigenvalue weighted by Crippen LogP contribution is 2.31. The molecule has 1 amide bonds. The van der Waals surface area contributed by atoms with Crippen molar-refractivity contribution in [2.24, 2.45) is 0 Å². The number of carbonyl (C=O) groups is 1. The molecule has 0 aliphatic heterocycles. The highest BCUT2D eigenvalue weighted by atomic mass is 32.2. The summed E-state index contributed by atoms with van der Waals surface area (Å²) in [4.78, 5) is 16.9. The summed E-state index contributed by atoms with van der Waals surface area (Å²) in [7, 11) is 0. The molecule has 0 aromatic carbocycles. The molecule has 1 saturated carbocycles. The van der Waals surface area contributed by atoms with Crippen LogP contribution in [-0.2, 0) is 4.79 Å².